The molecular weight excluding hydrogens is 264 g/mol. The van der Waals surface area contributed by atoms with Crippen LogP contribution in [0.5, 0.6) is 0 Å². The van der Waals surface area contributed by atoms with Crippen molar-refractivity contribution in [3.05, 3.63) is 35.4 Å². The normalized spacial score (nSPS) is 23.1. The standard InChI is InChI=1S/C15H19F2NO2/c1-2-3-15(14(19)20)4-5-18(10-15)9-11-6-12(16)8-13(17)7-11/h6-8H,2-5,9-10H2,1H3,(H,19,20). The smallest absolute Gasteiger partial charge is 0.310 e. The summed E-state index contributed by atoms with van der Waals surface area (Å²) >= 11 is 0. The molecule has 2 rings (SSSR count). The van der Waals surface area contributed by atoms with Crippen LogP contribution in [-0.4, -0.2) is 29.1 Å². The Bertz CT molecular complexity index is 486. The van der Waals surface area contributed by atoms with Crippen LogP contribution >= 0.6 is 0 Å². The third-order valence-electron chi connectivity index (χ3n) is 3.94. The fourth-order valence-electron chi connectivity index (χ4n) is 3.02. The van der Waals surface area contributed by atoms with Crippen molar-refractivity contribution in [1.29, 1.82) is 0 Å². The SMILES string of the molecule is CCCC1(C(=O)O)CCN(Cc2cc(F)cc(F)c2)C1. The Morgan fingerprint density at radius 3 is 2.55 bits per heavy atom. The Morgan fingerprint density at radius 2 is 2.00 bits per heavy atom. The number of carboxylic acids is 1. The first-order valence-corrected chi connectivity index (χ1v) is 6.86. The number of carboxylic acid groups (broad SMARTS) is 1. The lowest BCUT2D eigenvalue weighted by Gasteiger charge is -2.24. The van der Waals surface area contributed by atoms with Crippen LogP contribution in [0, 0.1) is 17.0 Å². The molecule has 1 aliphatic rings. The molecule has 1 fully saturated rings. The van der Waals surface area contributed by atoms with Gasteiger partial charge in [-0.25, -0.2) is 8.78 Å². The molecule has 1 aromatic rings. The zero-order chi connectivity index (χ0) is 14.8. The number of nitrogens with zero attached hydrogens (tertiary/aromatic N) is 1. The van der Waals surface area contributed by atoms with E-state index < -0.39 is 23.0 Å². The maximum Gasteiger partial charge on any atom is 0.310 e. The number of benzene rings is 1. The van der Waals surface area contributed by atoms with Crippen LogP contribution in [0.3, 0.4) is 0 Å². The highest BCUT2D eigenvalue weighted by molar-refractivity contribution is 5.75. The molecule has 1 unspecified atom stereocenters. The summed E-state index contributed by atoms with van der Waals surface area (Å²) in [5.74, 6) is -1.97. The van der Waals surface area contributed by atoms with Gasteiger partial charge < -0.3 is 5.11 Å². The predicted octanol–water partition coefficient (Wildman–Crippen LogP) is 3.04. The fourth-order valence-corrected chi connectivity index (χ4v) is 3.02. The van der Waals surface area contributed by atoms with Crippen LogP contribution in [0.1, 0.15) is 31.7 Å². The molecule has 0 aromatic heterocycles. The second kappa shape index (κ2) is 5.87. The van der Waals surface area contributed by atoms with E-state index in [1.54, 1.807) is 0 Å². The van der Waals surface area contributed by atoms with Gasteiger partial charge in [0.25, 0.3) is 0 Å². The molecule has 0 radical (unpaired) electrons. The van der Waals surface area contributed by atoms with E-state index in [0.717, 1.165) is 12.5 Å². The minimum absolute atomic E-state index is 0.382. The summed E-state index contributed by atoms with van der Waals surface area (Å²) in [6, 6.07) is 3.43. The maximum atomic E-state index is 13.2. The molecule has 1 aliphatic heterocycles. The van der Waals surface area contributed by atoms with E-state index in [-0.39, 0.29) is 0 Å². The summed E-state index contributed by atoms with van der Waals surface area (Å²) in [6.07, 6.45) is 2.04. The van der Waals surface area contributed by atoms with Crippen molar-refractivity contribution in [3.8, 4) is 0 Å². The maximum absolute atomic E-state index is 13.2. The number of aliphatic carboxylic acids is 1. The van der Waals surface area contributed by atoms with Gasteiger partial charge in [-0.1, -0.05) is 13.3 Å². The van der Waals surface area contributed by atoms with Gasteiger partial charge in [-0.3, -0.25) is 9.69 Å². The van der Waals surface area contributed by atoms with Crippen LogP contribution < -0.4 is 0 Å². The van der Waals surface area contributed by atoms with E-state index in [4.69, 9.17) is 0 Å². The van der Waals surface area contributed by atoms with Crippen molar-refractivity contribution in [2.45, 2.75) is 32.7 Å². The first-order valence-electron chi connectivity index (χ1n) is 6.86. The average molecular weight is 283 g/mol. The van der Waals surface area contributed by atoms with Crippen LogP contribution in [0.25, 0.3) is 0 Å². The van der Waals surface area contributed by atoms with Gasteiger partial charge in [0.05, 0.1) is 5.41 Å². The summed E-state index contributed by atoms with van der Waals surface area (Å²) in [7, 11) is 0. The van der Waals surface area contributed by atoms with Crippen LogP contribution in [-0.2, 0) is 11.3 Å². The topological polar surface area (TPSA) is 40.5 Å². The molecular formula is C15H19F2NO2. The minimum Gasteiger partial charge on any atom is -0.481 e. The second-order valence-electron chi connectivity index (χ2n) is 5.57. The Kier molecular flexibility index (Phi) is 4.38. The van der Waals surface area contributed by atoms with Crippen LogP contribution in [0.2, 0.25) is 0 Å². The average Bonchev–Trinajstić information content (AvgIpc) is 2.72. The quantitative estimate of drug-likeness (QED) is 0.903. The number of rotatable bonds is 5. The van der Waals surface area contributed by atoms with Gasteiger partial charge in [0.2, 0.25) is 0 Å². The first kappa shape index (κ1) is 14.9. The molecule has 1 heterocycles. The summed E-state index contributed by atoms with van der Waals surface area (Å²) < 4.78 is 26.3. The molecule has 1 atom stereocenters. The van der Waals surface area contributed by atoms with Gasteiger partial charge in [-0.15, -0.1) is 0 Å². The zero-order valence-electron chi connectivity index (χ0n) is 11.5. The van der Waals surface area contributed by atoms with E-state index in [9.17, 15) is 18.7 Å². The molecule has 3 nitrogen and oxygen atoms in total. The molecule has 0 amide bonds. The monoisotopic (exact) mass is 283 g/mol. The molecule has 20 heavy (non-hydrogen) atoms. The van der Waals surface area contributed by atoms with Crippen molar-refractivity contribution in [3.63, 3.8) is 0 Å². The Labute approximate surface area is 117 Å². The number of carbonyl (C=O) groups is 1. The third-order valence-corrected chi connectivity index (χ3v) is 3.94. The molecule has 5 heteroatoms. The summed E-state index contributed by atoms with van der Waals surface area (Å²) in [6.45, 7) is 3.43. The molecule has 0 aliphatic carbocycles. The van der Waals surface area contributed by atoms with Crippen molar-refractivity contribution in [2.24, 2.45) is 5.41 Å². The third kappa shape index (κ3) is 3.15. The Morgan fingerprint density at radius 1 is 1.35 bits per heavy atom. The molecule has 0 bridgehead atoms. The van der Waals surface area contributed by atoms with Crippen molar-refractivity contribution < 1.29 is 18.7 Å². The lowest BCUT2D eigenvalue weighted by Crippen LogP contribution is -2.34. The lowest BCUT2D eigenvalue weighted by molar-refractivity contribution is -0.148. The van der Waals surface area contributed by atoms with Crippen molar-refractivity contribution in [2.75, 3.05) is 13.1 Å². The summed E-state index contributed by atoms with van der Waals surface area (Å²) in [5.41, 5.74) is -0.166. The molecule has 0 saturated carbocycles. The van der Waals surface area contributed by atoms with Crippen LogP contribution in [0.4, 0.5) is 8.78 Å². The second-order valence-corrected chi connectivity index (χ2v) is 5.57. The van der Waals surface area contributed by atoms with Crippen molar-refractivity contribution >= 4 is 5.97 Å². The molecule has 110 valence electrons. The fraction of sp³-hybridized carbons (Fsp3) is 0.533. The van der Waals surface area contributed by atoms with Crippen LogP contribution in [0.15, 0.2) is 18.2 Å². The van der Waals surface area contributed by atoms with Gasteiger partial charge >= 0.3 is 5.97 Å². The largest absolute Gasteiger partial charge is 0.481 e. The highest BCUT2D eigenvalue weighted by Crippen LogP contribution is 2.36. The van der Waals surface area contributed by atoms with E-state index in [0.29, 0.717) is 38.0 Å². The minimum atomic E-state index is -0.771. The summed E-state index contributed by atoms with van der Waals surface area (Å²) in [4.78, 5) is 13.4. The van der Waals surface area contributed by atoms with E-state index >= 15 is 0 Å². The Balaban J connectivity index is 2.07. The van der Waals surface area contributed by atoms with Crippen molar-refractivity contribution in [1.82, 2.24) is 4.90 Å². The highest BCUT2D eigenvalue weighted by Gasteiger charge is 2.43. The first-order chi connectivity index (χ1) is 9.45. The van der Waals surface area contributed by atoms with Gasteiger partial charge in [0, 0.05) is 19.2 Å². The number of hydrogen-bond donors (Lipinski definition) is 1. The van der Waals surface area contributed by atoms with Gasteiger partial charge in [-0.2, -0.15) is 0 Å². The number of hydrogen-bond acceptors (Lipinski definition) is 2. The molecule has 1 aromatic carbocycles. The van der Waals surface area contributed by atoms with Gasteiger partial charge in [0.15, 0.2) is 0 Å². The highest BCUT2D eigenvalue weighted by atomic mass is 19.1. The zero-order valence-corrected chi connectivity index (χ0v) is 11.5. The van der Waals surface area contributed by atoms with Gasteiger partial charge in [0.1, 0.15) is 11.6 Å². The van der Waals surface area contributed by atoms with E-state index in [2.05, 4.69) is 0 Å². The lowest BCUT2D eigenvalue weighted by atomic mass is 9.83. The Hall–Kier alpha value is -1.49. The molecule has 0 spiro atoms. The summed E-state index contributed by atoms with van der Waals surface area (Å²) in [5, 5.41) is 9.42. The van der Waals surface area contributed by atoms with E-state index in [1.165, 1.54) is 12.1 Å². The number of likely N-dealkylation sites (tertiary alicyclic amines) is 1. The molecule has 1 N–H and O–H groups in total. The molecule has 1 saturated heterocycles. The number of halogens is 2. The predicted molar refractivity (Wildman–Crippen MR) is 71.2 cm³/mol. The van der Waals surface area contributed by atoms with E-state index in [1.807, 2.05) is 11.8 Å². The van der Waals surface area contributed by atoms with Gasteiger partial charge in [-0.05, 0) is 37.1 Å².